The first kappa shape index (κ1) is 47.3. The van der Waals surface area contributed by atoms with E-state index in [-0.39, 0.29) is 123 Å². The summed E-state index contributed by atoms with van der Waals surface area (Å²) in [6, 6.07) is 14.9. The fourth-order valence-electron chi connectivity index (χ4n) is 9.13. The molecule has 15 heteroatoms. The number of hydrogen-bond acceptors (Lipinski definition) is 12. The van der Waals surface area contributed by atoms with Gasteiger partial charge in [0, 0.05) is 118 Å². The predicted molar refractivity (Wildman–Crippen MR) is 193 cm³/mol. The quantitative estimate of drug-likeness (QED) is 0.166. The molecule has 56 heavy (non-hydrogen) atoms. The minimum Gasteiger partial charge on any atom is -0.456 e. The topological polar surface area (TPSA) is 209 Å². The van der Waals surface area contributed by atoms with Crippen LogP contribution in [0.5, 0.6) is 0 Å². The predicted octanol–water partition coefficient (Wildman–Crippen LogP) is 2.19. The molecule has 0 aromatic heterocycles. The average molecular weight is 1200 g/mol. The van der Waals surface area contributed by atoms with Gasteiger partial charge in [0.2, 0.25) is 0 Å². The van der Waals surface area contributed by atoms with E-state index in [0.717, 1.165) is 0 Å². The van der Waals surface area contributed by atoms with Gasteiger partial charge in [-0.2, -0.15) is 0 Å². The number of aliphatic hydroxyl groups excluding tert-OH is 3. The fourth-order valence-corrected chi connectivity index (χ4v) is 9.13. The standard InChI is InChI=1S/C41H49NO12.2Ac/c1-21(2)17-25(42-35(47)23-13-9-7-10-14-23)30(44)37(49)53-26-19-41(51)34(54-36(48)24-15-11-8-12-16-24)32-39(6,27(43)18-28-40(32,50)20-52-28)33(46)31(45)29(22(26)3)38(41,4)5;;/h7-17,25-28,30-32,34,43-45,50-51H,18-20H2,1-6H3,(H,42,47);;/t25?,26?,27?,28?,30?,31?,32?,34?,39-,40+,41?;;/m1../s1. The maximum Gasteiger partial charge on any atom is 0.338 e. The fraction of sp³-hybridized carbons (Fsp3) is 0.512. The van der Waals surface area contributed by atoms with Crippen molar-refractivity contribution in [3.8, 4) is 0 Å². The largest absolute Gasteiger partial charge is 0.456 e. The number of ether oxygens (including phenoxy) is 3. The van der Waals surface area contributed by atoms with E-state index in [4.69, 9.17) is 14.2 Å². The van der Waals surface area contributed by atoms with Gasteiger partial charge in [-0.15, -0.1) is 0 Å². The molecule has 1 saturated heterocycles. The monoisotopic (exact) mass is 1200 g/mol. The molecule has 9 unspecified atom stereocenters. The Morgan fingerprint density at radius 1 is 0.929 bits per heavy atom. The van der Waals surface area contributed by atoms with Crippen LogP contribution in [0.25, 0.3) is 0 Å². The molecule has 13 nitrogen and oxygen atoms in total. The van der Waals surface area contributed by atoms with E-state index >= 15 is 0 Å². The first-order valence-corrected chi connectivity index (χ1v) is 18.1. The number of fused-ring (bicyclic) bond motifs is 5. The number of rotatable bonds is 8. The molecule has 3 aliphatic carbocycles. The van der Waals surface area contributed by atoms with Gasteiger partial charge in [-0.3, -0.25) is 9.59 Å². The van der Waals surface area contributed by atoms with Crippen LogP contribution in [0, 0.1) is 105 Å². The summed E-state index contributed by atoms with van der Waals surface area (Å²) in [4.78, 5) is 55.5. The van der Waals surface area contributed by atoms with Gasteiger partial charge in [-0.1, -0.05) is 61.9 Å². The summed E-state index contributed by atoms with van der Waals surface area (Å²) in [5.74, 6) is -5.03. The Labute approximate surface area is 397 Å². The summed E-state index contributed by atoms with van der Waals surface area (Å²) >= 11 is 0. The zero-order chi connectivity index (χ0) is 39.5. The molecule has 1 heterocycles. The number of amides is 1. The molecule has 2 saturated carbocycles. The Kier molecular flexibility index (Phi) is 15.0. The minimum atomic E-state index is -2.29. The van der Waals surface area contributed by atoms with Crippen molar-refractivity contribution in [3.05, 3.63) is 94.6 Å². The van der Waals surface area contributed by atoms with Crippen molar-refractivity contribution in [1.29, 1.82) is 0 Å². The molecule has 11 atom stereocenters. The van der Waals surface area contributed by atoms with E-state index < -0.39 is 101 Å². The molecular weight excluding hydrogens is 1150 g/mol. The van der Waals surface area contributed by atoms with E-state index in [1.807, 2.05) is 0 Å². The number of Topliss-reactive ketones (excluding diaryl/α,β-unsaturated/α-hetero) is 1. The smallest absolute Gasteiger partial charge is 0.338 e. The number of carbonyl (C=O) groups excluding carboxylic acids is 4. The van der Waals surface area contributed by atoms with E-state index in [1.54, 1.807) is 76.2 Å². The number of esters is 2. The van der Waals surface area contributed by atoms with Crippen molar-refractivity contribution in [2.75, 3.05) is 6.61 Å². The van der Waals surface area contributed by atoms with Crippen molar-refractivity contribution in [3.63, 3.8) is 0 Å². The molecule has 2 radical (unpaired) electrons. The molecule has 0 spiro atoms. The number of nitrogens with one attached hydrogen (secondary N) is 1. The Morgan fingerprint density at radius 3 is 2.04 bits per heavy atom. The van der Waals surface area contributed by atoms with Crippen LogP contribution in [-0.4, -0.2) is 110 Å². The summed E-state index contributed by atoms with van der Waals surface area (Å²) in [5, 5.41) is 63.1. The van der Waals surface area contributed by atoms with Crippen LogP contribution < -0.4 is 5.32 Å². The molecule has 296 valence electrons. The number of hydrogen-bond donors (Lipinski definition) is 6. The van der Waals surface area contributed by atoms with E-state index in [9.17, 15) is 44.7 Å². The second-order valence-corrected chi connectivity index (χ2v) is 16.1. The van der Waals surface area contributed by atoms with Crippen LogP contribution in [0.1, 0.15) is 75.1 Å². The van der Waals surface area contributed by atoms with Crippen molar-refractivity contribution in [2.45, 2.75) is 108 Å². The van der Waals surface area contributed by atoms with Crippen molar-refractivity contribution >= 4 is 23.6 Å². The number of ketones is 1. The number of benzene rings is 2. The molecule has 4 aliphatic rings. The first-order valence-electron chi connectivity index (χ1n) is 18.1. The van der Waals surface area contributed by atoms with Crippen LogP contribution in [0.3, 0.4) is 0 Å². The molecule has 1 aliphatic heterocycles. The Morgan fingerprint density at radius 2 is 1.50 bits per heavy atom. The second kappa shape index (κ2) is 17.7. The maximum atomic E-state index is 14.7. The van der Waals surface area contributed by atoms with E-state index in [0.29, 0.717) is 5.57 Å². The summed E-state index contributed by atoms with van der Waals surface area (Å²) in [7, 11) is 0. The van der Waals surface area contributed by atoms with Gasteiger partial charge in [0.05, 0.1) is 35.8 Å². The van der Waals surface area contributed by atoms with Crippen LogP contribution in [0.4, 0.5) is 0 Å². The Balaban J connectivity index is 0.00000348. The first-order chi connectivity index (χ1) is 25.3. The SMILES string of the molecule is CC(C)=CC(NC(=O)c1ccccc1)C(O)C(=O)OC1CC2(O)C(OC(=O)c3ccccc3)C3[C@]4(O)COC4CC(O)[C@@]3(C)C(=O)C(O)C(=C1C)C2(C)C.[Ac].[Ac]. The summed E-state index contributed by atoms with van der Waals surface area (Å²) < 4.78 is 17.8. The number of allylic oxidation sites excluding steroid dienone is 1. The van der Waals surface area contributed by atoms with Crippen LogP contribution in [0.15, 0.2) is 83.5 Å². The van der Waals surface area contributed by atoms with Crippen LogP contribution in [-0.2, 0) is 23.8 Å². The van der Waals surface area contributed by atoms with Gasteiger partial charge < -0.3 is 45.1 Å². The minimum absolute atomic E-state index is 0. The third-order valence-corrected chi connectivity index (χ3v) is 12.3. The van der Waals surface area contributed by atoms with Crippen LogP contribution >= 0.6 is 0 Å². The van der Waals surface area contributed by atoms with Crippen molar-refractivity contribution in [2.24, 2.45) is 16.7 Å². The molecule has 2 aromatic rings. The zero-order valence-corrected chi connectivity index (χ0v) is 41.8. The van der Waals surface area contributed by atoms with Crippen molar-refractivity contribution < 1.29 is 147 Å². The summed E-state index contributed by atoms with van der Waals surface area (Å²) in [6.07, 6.45) is -8.66. The average Bonchev–Trinajstić information content (AvgIpc) is 3.13. The number of aliphatic hydroxyl groups is 5. The van der Waals surface area contributed by atoms with Gasteiger partial charge in [-0.05, 0) is 63.1 Å². The van der Waals surface area contributed by atoms with Crippen LogP contribution in [0.2, 0.25) is 0 Å². The molecule has 2 bridgehead atoms. The second-order valence-electron chi connectivity index (χ2n) is 16.1. The molecule has 6 N–H and O–H groups in total. The molecule has 6 rings (SSSR count). The van der Waals surface area contributed by atoms with Gasteiger partial charge >= 0.3 is 11.9 Å². The zero-order valence-electron chi connectivity index (χ0n) is 32.3. The summed E-state index contributed by atoms with van der Waals surface area (Å²) in [6.45, 7) is 9.16. The van der Waals surface area contributed by atoms with E-state index in [2.05, 4.69) is 5.32 Å². The third kappa shape index (κ3) is 7.98. The van der Waals surface area contributed by atoms with Gasteiger partial charge in [0.1, 0.15) is 29.5 Å². The van der Waals surface area contributed by atoms with Gasteiger partial charge in [-0.25, -0.2) is 9.59 Å². The molecule has 2 aromatic carbocycles. The number of carbonyl (C=O) groups is 4. The molecule has 1 amide bonds. The molecule has 3 fully saturated rings. The van der Waals surface area contributed by atoms with E-state index in [1.165, 1.54) is 32.1 Å². The maximum absolute atomic E-state index is 14.7. The van der Waals surface area contributed by atoms with Crippen molar-refractivity contribution in [1.82, 2.24) is 5.32 Å². The third-order valence-electron chi connectivity index (χ3n) is 12.3. The summed E-state index contributed by atoms with van der Waals surface area (Å²) in [5.41, 5.74) is -6.48. The van der Waals surface area contributed by atoms with Gasteiger partial charge in [0.25, 0.3) is 5.91 Å². The Bertz CT molecular complexity index is 1880. The molecular formula is C41H49Ac2NO12. The Hall–Kier alpha value is -1.36. The van der Waals surface area contributed by atoms with Gasteiger partial charge in [0.15, 0.2) is 11.9 Å². The normalized spacial score (nSPS) is 33.8.